The van der Waals surface area contributed by atoms with Crippen molar-refractivity contribution in [3.05, 3.63) is 42.2 Å². The molecule has 5 heteroatoms. The molecule has 1 amide bonds. The maximum Gasteiger partial charge on any atom is 0.224 e. The number of aromatic amines is 1. The van der Waals surface area contributed by atoms with E-state index in [0.29, 0.717) is 17.8 Å². The number of anilines is 3. The smallest absolute Gasteiger partial charge is 0.224 e. The van der Waals surface area contributed by atoms with Crippen LogP contribution in [0.4, 0.5) is 17.1 Å². The van der Waals surface area contributed by atoms with Crippen LogP contribution in [-0.4, -0.2) is 10.9 Å². The van der Waals surface area contributed by atoms with E-state index in [1.807, 2.05) is 36.7 Å². The van der Waals surface area contributed by atoms with Crippen LogP contribution >= 0.6 is 0 Å². The molecule has 1 heterocycles. The minimum Gasteiger partial charge on any atom is -0.397 e. The van der Waals surface area contributed by atoms with Crippen LogP contribution in [0.2, 0.25) is 0 Å². The van der Waals surface area contributed by atoms with Crippen LogP contribution in [0.5, 0.6) is 0 Å². The number of hydrogen-bond acceptors (Lipinski definition) is 3. The summed E-state index contributed by atoms with van der Waals surface area (Å²) in [5, 5.41) is 6.19. The average Bonchev–Trinajstić information content (AvgIpc) is 3.05. The Kier molecular flexibility index (Phi) is 6.54. The van der Waals surface area contributed by atoms with Crippen molar-refractivity contribution >= 4 is 23.0 Å². The molecule has 1 aromatic heterocycles. The molecule has 2 rings (SSSR count). The number of amides is 1. The van der Waals surface area contributed by atoms with Gasteiger partial charge >= 0.3 is 0 Å². The van der Waals surface area contributed by atoms with Gasteiger partial charge in [-0.2, -0.15) is 0 Å². The third-order valence-electron chi connectivity index (χ3n) is 3.74. The van der Waals surface area contributed by atoms with Gasteiger partial charge in [0.15, 0.2) is 0 Å². The fraction of sp³-hybridized carbons (Fsp3) is 0.389. The predicted molar refractivity (Wildman–Crippen MR) is 96.4 cm³/mol. The van der Waals surface area contributed by atoms with Crippen molar-refractivity contribution in [1.82, 2.24) is 4.98 Å². The Labute approximate surface area is 137 Å². The van der Waals surface area contributed by atoms with E-state index in [2.05, 4.69) is 22.5 Å². The summed E-state index contributed by atoms with van der Waals surface area (Å²) in [6.07, 6.45) is 8.76. The number of benzene rings is 1. The van der Waals surface area contributed by atoms with Crippen LogP contribution in [-0.2, 0) is 11.3 Å². The maximum absolute atomic E-state index is 11.9. The second kappa shape index (κ2) is 8.88. The van der Waals surface area contributed by atoms with Crippen molar-refractivity contribution in [2.45, 2.75) is 45.6 Å². The molecular formula is C18H26N4O. The lowest BCUT2D eigenvalue weighted by molar-refractivity contribution is -0.116. The first-order chi connectivity index (χ1) is 11.2. The van der Waals surface area contributed by atoms with Gasteiger partial charge in [0.1, 0.15) is 0 Å². The summed E-state index contributed by atoms with van der Waals surface area (Å²) < 4.78 is 0. The Hall–Kier alpha value is -2.43. The Morgan fingerprint density at radius 2 is 2.09 bits per heavy atom. The number of nitrogen functional groups attached to an aromatic ring is 1. The number of nitrogens with one attached hydrogen (secondary N) is 3. The molecule has 0 spiro atoms. The van der Waals surface area contributed by atoms with Gasteiger partial charge in [-0.05, 0) is 36.2 Å². The quantitative estimate of drug-likeness (QED) is 0.415. The molecule has 0 fully saturated rings. The molecule has 2 aromatic rings. The van der Waals surface area contributed by atoms with Crippen LogP contribution < -0.4 is 16.4 Å². The van der Waals surface area contributed by atoms with Gasteiger partial charge < -0.3 is 21.4 Å². The standard InChI is InChI=1S/C18H26N4O/c1-2-3-4-5-6-18(23)22-17-8-7-15(11-16(17)19)21-13-14-9-10-20-12-14/h7-12,20-21H,2-6,13,19H2,1H3,(H,22,23). The molecule has 23 heavy (non-hydrogen) atoms. The zero-order chi connectivity index (χ0) is 16.5. The topological polar surface area (TPSA) is 82.9 Å². The molecule has 0 saturated carbocycles. The number of hydrogen-bond donors (Lipinski definition) is 4. The molecule has 5 nitrogen and oxygen atoms in total. The van der Waals surface area contributed by atoms with Crippen LogP contribution in [0.25, 0.3) is 0 Å². The van der Waals surface area contributed by atoms with Gasteiger partial charge in [-0.25, -0.2) is 0 Å². The second-order valence-corrected chi connectivity index (χ2v) is 5.73. The second-order valence-electron chi connectivity index (χ2n) is 5.73. The van der Waals surface area contributed by atoms with Gasteiger partial charge in [-0.3, -0.25) is 4.79 Å². The molecule has 0 radical (unpaired) electrons. The lowest BCUT2D eigenvalue weighted by Crippen LogP contribution is -2.12. The molecule has 0 aliphatic rings. The summed E-state index contributed by atoms with van der Waals surface area (Å²) in [4.78, 5) is 14.9. The molecule has 0 atom stereocenters. The first-order valence-electron chi connectivity index (χ1n) is 8.24. The minimum atomic E-state index is 0.0286. The van der Waals surface area contributed by atoms with Crippen molar-refractivity contribution in [2.75, 3.05) is 16.4 Å². The van der Waals surface area contributed by atoms with Crippen molar-refractivity contribution in [2.24, 2.45) is 0 Å². The fourth-order valence-electron chi connectivity index (χ4n) is 2.38. The van der Waals surface area contributed by atoms with Crippen molar-refractivity contribution < 1.29 is 4.79 Å². The number of aromatic nitrogens is 1. The zero-order valence-corrected chi connectivity index (χ0v) is 13.7. The van der Waals surface area contributed by atoms with E-state index < -0.39 is 0 Å². The van der Waals surface area contributed by atoms with E-state index in [0.717, 1.165) is 25.1 Å². The summed E-state index contributed by atoms with van der Waals surface area (Å²) >= 11 is 0. The average molecular weight is 314 g/mol. The highest BCUT2D eigenvalue weighted by molar-refractivity contribution is 5.94. The van der Waals surface area contributed by atoms with Gasteiger partial charge in [0.05, 0.1) is 11.4 Å². The van der Waals surface area contributed by atoms with Gasteiger partial charge in [-0.15, -0.1) is 0 Å². The molecule has 0 aliphatic heterocycles. The Morgan fingerprint density at radius 3 is 2.78 bits per heavy atom. The third kappa shape index (κ3) is 5.70. The van der Waals surface area contributed by atoms with Crippen molar-refractivity contribution in [3.8, 4) is 0 Å². The van der Waals surface area contributed by atoms with Gasteiger partial charge in [-0.1, -0.05) is 26.2 Å². The van der Waals surface area contributed by atoms with Crippen LogP contribution in [0.1, 0.15) is 44.6 Å². The molecule has 0 saturated heterocycles. The fourth-order valence-corrected chi connectivity index (χ4v) is 2.38. The van der Waals surface area contributed by atoms with Crippen LogP contribution in [0, 0.1) is 0 Å². The molecule has 0 aliphatic carbocycles. The lowest BCUT2D eigenvalue weighted by atomic mass is 10.1. The monoisotopic (exact) mass is 314 g/mol. The maximum atomic E-state index is 11.9. The number of H-pyrrole nitrogens is 1. The number of carbonyl (C=O) groups is 1. The highest BCUT2D eigenvalue weighted by atomic mass is 16.1. The largest absolute Gasteiger partial charge is 0.397 e. The Bertz CT molecular complexity index is 607. The zero-order valence-electron chi connectivity index (χ0n) is 13.7. The molecule has 1 aromatic carbocycles. The molecule has 5 N–H and O–H groups in total. The summed E-state index contributed by atoms with van der Waals surface area (Å²) in [7, 11) is 0. The first-order valence-corrected chi connectivity index (χ1v) is 8.24. The number of unbranched alkanes of at least 4 members (excludes halogenated alkanes) is 3. The molecule has 0 unspecified atom stereocenters. The van der Waals surface area contributed by atoms with Crippen LogP contribution in [0.3, 0.4) is 0 Å². The van der Waals surface area contributed by atoms with Crippen molar-refractivity contribution in [3.63, 3.8) is 0 Å². The number of rotatable bonds is 9. The lowest BCUT2D eigenvalue weighted by Gasteiger charge is -2.11. The molecular weight excluding hydrogens is 288 g/mol. The van der Waals surface area contributed by atoms with E-state index in [1.54, 1.807) is 0 Å². The van der Waals surface area contributed by atoms with Crippen molar-refractivity contribution in [1.29, 1.82) is 0 Å². The van der Waals surface area contributed by atoms with E-state index >= 15 is 0 Å². The first kappa shape index (κ1) is 16.9. The number of carbonyl (C=O) groups excluding carboxylic acids is 1. The Morgan fingerprint density at radius 1 is 1.22 bits per heavy atom. The SMILES string of the molecule is CCCCCCC(=O)Nc1ccc(NCc2cc[nH]c2)cc1N. The predicted octanol–water partition coefficient (Wildman–Crippen LogP) is 4.12. The highest BCUT2D eigenvalue weighted by Gasteiger charge is 2.06. The van der Waals surface area contributed by atoms with E-state index in [4.69, 9.17) is 5.73 Å². The Balaban J connectivity index is 1.82. The van der Waals surface area contributed by atoms with Gasteiger partial charge in [0, 0.05) is 31.0 Å². The van der Waals surface area contributed by atoms with E-state index in [1.165, 1.54) is 18.4 Å². The summed E-state index contributed by atoms with van der Waals surface area (Å²) in [5.74, 6) is 0.0286. The molecule has 124 valence electrons. The van der Waals surface area contributed by atoms with E-state index in [9.17, 15) is 4.79 Å². The third-order valence-corrected chi connectivity index (χ3v) is 3.74. The number of nitrogens with two attached hydrogens (primary N) is 1. The minimum absolute atomic E-state index is 0.0286. The molecule has 0 bridgehead atoms. The normalized spacial score (nSPS) is 10.5. The van der Waals surface area contributed by atoms with Gasteiger partial charge in [0.2, 0.25) is 5.91 Å². The van der Waals surface area contributed by atoms with Gasteiger partial charge in [0.25, 0.3) is 0 Å². The summed E-state index contributed by atoms with van der Waals surface area (Å²) in [6.45, 7) is 2.89. The van der Waals surface area contributed by atoms with Crippen LogP contribution in [0.15, 0.2) is 36.7 Å². The highest BCUT2D eigenvalue weighted by Crippen LogP contribution is 2.23. The summed E-state index contributed by atoms with van der Waals surface area (Å²) in [5.41, 5.74) is 9.40. The summed E-state index contributed by atoms with van der Waals surface area (Å²) in [6, 6.07) is 7.64. The van der Waals surface area contributed by atoms with E-state index in [-0.39, 0.29) is 5.91 Å².